The second kappa shape index (κ2) is 7.71. The lowest BCUT2D eigenvalue weighted by atomic mass is 9.82. The largest absolute Gasteiger partial charge is 0.480 e. The van der Waals surface area contributed by atoms with E-state index in [4.69, 9.17) is 18.0 Å². The minimum absolute atomic E-state index is 0.120. The molecule has 2 aromatic rings. The molecule has 1 aliphatic rings. The van der Waals surface area contributed by atoms with Crippen LogP contribution in [0.15, 0.2) is 48.7 Å². The van der Waals surface area contributed by atoms with E-state index in [2.05, 4.69) is 10.3 Å². The van der Waals surface area contributed by atoms with Gasteiger partial charge in [0.25, 0.3) is 0 Å². The Labute approximate surface area is 162 Å². The molecular formula is C19H20N4O3S. The molecule has 1 amide bonds. The summed E-state index contributed by atoms with van der Waals surface area (Å²) in [4.78, 5) is 29.4. The first-order chi connectivity index (χ1) is 12.9. The molecule has 3 atom stereocenters. The first kappa shape index (κ1) is 18.8. The third-order valence-electron chi connectivity index (χ3n) is 4.63. The molecule has 1 aliphatic heterocycles. The number of anilines is 1. The van der Waals surface area contributed by atoms with Gasteiger partial charge in [-0.05, 0) is 48.8 Å². The zero-order valence-corrected chi connectivity index (χ0v) is 15.5. The van der Waals surface area contributed by atoms with Gasteiger partial charge in [0.2, 0.25) is 5.91 Å². The monoisotopic (exact) mass is 384 g/mol. The van der Waals surface area contributed by atoms with Crippen molar-refractivity contribution in [3.05, 3.63) is 59.8 Å². The number of nitrogens with zero attached hydrogens (tertiary/aromatic N) is 2. The van der Waals surface area contributed by atoms with E-state index < -0.39 is 17.9 Å². The van der Waals surface area contributed by atoms with Crippen molar-refractivity contribution in [2.24, 2.45) is 5.92 Å². The van der Waals surface area contributed by atoms with Crippen LogP contribution in [0.4, 0.5) is 5.82 Å². The topological polar surface area (TPSA) is 109 Å². The van der Waals surface area contributed by atoms with Gasteiger partial charge in [0.15, 0.2) is 5.11 Å². The number of β-lactam (4-membered cyclic amide) rings is 1. The number of aliphatic carboxylic acids is 1. The molecule has 3 rings (SSSR count). The smallest absolute Gasteiger partial charge is 0.327 e. The van der Waals surface area contributed by atoms with Crippen LogP contribution in [0, 0.1) is 5.92 Å². The molecule has 0 aliphatic carbocycles. The number of nitrogens with two attached hydrogens (primary N) is 1. The number of carbonyl (C=O) groups excluding carboxylic acids is 1. The van der Waals surface area contributed by atoms with Gasteiger partial charge in [-0.3, -0.25) is 9.69 Å². The number of nitrogen functional groups attached to an aromatic ring is 1. The Morgan fingerprint density at radius 2 is 2.07 bits per heavy atom. The maximum Gasteiger partial charge on any atom is 0.327 e. The van der Waals surface area contributed by atoms with Crippen LogP contribution in [0.3, 0.4) is 0 Å². The van der Waals surface area contributed by atoms with Gasteiger partial charge in [-0.1, -0.05) is 30.3 Å². The van der Waals surface area contributed by atoms with Crippen molar-refractivity contribution in [2.45, 2.75) is 25.4 Å². The van der Waals surface area contributed by atoms with E-state index in [1.165, 1.54) is 6.20 Å². The summed E-state index contributed by atoms with van der Waals surface area (Å²) in [5.74, 6) is -1.75. The van der Waals surface area contributed by atoms with Gasteiger partial charge in [-0.2, -0.15) is 0 Å². The van der Waals surface area contributed by atoms with Gasteiger partial charge in [0.1, 0.15) is 11.9 Å². The predicted molar refractivity (Wildman–Crippen MR) is 105 cm³/mol. The average Bonchev–Trinajstić information content (AvgIpc) is 2.64. The highest BCUT2D eigenvalue weighted by atomic mass is 32.1. The van der Waals surface area contributed by atoms with Crippen LogP contribution in [0.25, 0.3) is 0 Å². The molecular weight excluding hydrogens is 364 g/mol. The molecule has 1 aromatic carbocycles. The van der Waals surface area contributed by atoms with E-state index >= 15 is 0 Å². The van der Waals surface area contributed by atoms with E-state index in [1.54, 1.807) is 12.1 Å². The second-order valence-electron chi connectivity index (χ2n) is 6.47. The van der Waals surface area contributed by atoms with E-state index in [9.17, 15) is 14.7 Å². The summed E-state index contributed by atoms with van der Waals surface area (Å²) in [6, 6.07) is 11.8. The summed E-state index contributed by atoms with van der Waals surface area (Å²) in [6.07, 6.45) is 1.81. The highest BCUT2D eigenvalue weighted by Crippen LogP contribution is 2.31. The number of pyridine rings is 1. The van der Waals surface area contributed by atoms with Crippen molar-refractivity contribution < 1.29 is 14.7 Å². The predicted octanol–water partition coefficient (Wildman–Crippen LogP) is 1.75. The number of aromatic nitrogens is 1. The van der Waals surface area contributed by atoms with E-state index in [1.807, 2.05) is 37.3 Å². The number of thiocarbonyl (C=S) groups is 1. The lowest BCUT2D eigenvalue weighted by molar-refractivity contribution is -0.164. The van der Waals surface area contributed by atoms with Gasteiger partial charge in [-0.25, -0.2) is 9.78 Å². The Bertz CT molecular complexity index is 874. The molecule has 1 aromatic heterocycles. The molecule has 7 nitrogen and oxygen atoms in total. The molecule has 27 heavy (non-hydrogen) atoms. The van der Waals surface area contributed by atoms with Crippen LogP contribution < -0.4 is 11.1 Å². The van der Waals surface area contributed by atoms with Crippen molar-refractivity contribution in [2.75, 3.05) is 5.73 Å². The van der Waals surface area contributed by atoms with Gasteiger partial charge < -0.3 is 16.2 Å². The molecule has 140 valence electrons. The van der Waals surface area contributed by atoms with Crippen LogP contribution in [0.5, 0.6) is 0 Å². The second-order valence-corrected chi connectivity index (χ2v) is 6.86. The molecule has 8 heteroatoms. The number of amides is 1. The first-order valence-electron chi connectivity index (χ1n) is 8.50. The van der Waals surface area contributed by atoms with Crippen LogP contribution in [-0.4, -0.2) is 38.0 Å². The molecule has 1 fully saturated rings. The van der Waals surface area contributed by atoms with Crippen molar-refractivity contribution in [3.8, 4) is 0 Å². The Morgan fingerprint density at radius 3 is 2.70 bits per heavy atom. The maximum absolute atomic E-state index is 12.6. The van der Waals surface area contributed by atoms with Crippen molar-refractivity contribution in [3.63, 3.8) is 0 Å². The van der Waals surface area contributed by atoms with Gasteiger partial charge in [-0.15, -0.1) is 0 Å². The summed E-state index contributed by atoms with van der Waals surface area (Å²) < 4.78 is 0. The Kier molecular flexibility index (Phi) is 5.36. The quantitative estimate of drug-likeness (QED) is 0.532. The number of carboxylic acid groups (broad SMARTS) is 1. The van der Waals surface area contributed by atoms with E-state index in [0.29, 0.717) is 5.82 Å². The number of rotatable bonds is 5. The van der Waals surface area contributed by atoms with Crippen LogP contribution >= 0.6 is 12.2 Å². The Balaban J connectivity index is 1.71. The summed E-state index contributed by atoms with van der Waals surface area (Å²) >= 11 is 5.32. The van der Waals surface area contributed by atoms with Crippen LogP contribution in [0.2, 0.25) is 0 Å². The minimum Gasteiger partial charge on any atom is -0.480 e. The number of likely N-dealkylation sites (tertiary alicyclic amines) is 1. The number of nitrogens with one attached hydrogen (secondary N) is 1. The Morgan fingerprint density at radius 1 is 1.37 bits per heavy atom. The summed E-state index contributed by atoms with van der Waals surface area (Å²) in [5, 5.41) is 12.8. The number of hydrogen-bond acceptors (Lipinski definition) is 5. The Hall–Kier alpha value is -3.00. The van der Waals surface area contributed by atoms with Crippen molar-refractivity contribution >= 4 is 35.0 Å². The molecule has 0 radical (unpaired) electrons. The molecule has 0 spiro atoms. The number of carboxylic acids is 1. The zero-order chi connectivity index (χ0) is 19.6. The third-order valence-corrected chi connectivity index (χ3v) is 4.94. The lowest BCUT2D eigenvalue weighted by Gasteiger charge is -2.45. The highest BCUT2D eigenvalue weighted by Gasteiger charge is 2.53. The number of hydrogen-bond donors (Lipinski definition) is 3. The molecule has 0 bridgehead atoms. The minimum atomic E-state index is -1.09. The normalized spacial score (nSPS) is 19.9. The standard InChI is InChI=1S/C19H20N4O3S/c1-11(13-5-3-2-4-6-13)22-19(27)23-16(18(25)26)14(17(23)24)9-12-7-8-21-15(20)10-12/h2-8,10-11,14,16H,9H2,1H3,(H2,20,21)(H,22,27)(H,25,26)/t11-,14?,16+/m1/s1. The fraction of sp³-hybridized carbons (Fsp3) is 0.263. The molecule has 1 saturated heterocycles. The summed E-state index contributed by atoms with van der Waals surface area (Å²) in [7, 11) is 0. The fourth-order valence-corrected chi connectivity index (χ4v) is 3.59. The molecule has 2 heterocycles. The fourth-order valence-electron chi connectivity index (χ4n) is 3.21. The van der Waals surface area contributed by atoms with Gasteiger partial charge in [0, 0.05) is 6.20 Å². The summed E-state index contributed by atoms with van der Waals surface area (Å²) in [6.45, 7) is 1.90. The van der Waals surface area contributed by atoms with E-state index in [0.717, 1.165) is 16.0 Å². The van der Waals surface area contributed by atoms with Crippen LogP contribution in [0.1, 0.15) is 24.1 Å². The SMILES string of the molecule is C[C@@H](NC(=S)N1C(=O)C(Cc2ccnc(N)c2)[C@H]1C(=O)O)c1ccccc1. The van der Waals surface area contributed by atoms with Crippen LogP contribution in [-0.2, 0) is 16.0 Å². The highest BCUT2D eigenvalue weighted by molar-refractivity contribution is 7.80. The molecule has 4 N–H and O–H groups in total. The lowest BCUT2D eigenvalue weighted by Crippen LogP contribution is -2.68. The molecule has 0 saturated carbocycles. The number of benzene rings is 1. The molecule has 1 unspecified atom stereocenters. The first-order valence-corrected chi connectivity index (χ1v) is 8.91. The maximum atomic E-state index is 12.6. The number of carbonyl (C=O) groups is 2. The third kappa shape index (κ3) is 3.90. The van der Waals surface area contributed by atoms with Crippen molar-refractivity contribution in [1.29, 1.82) is 0 Å². The zero-order valence-electron chi connectivity index (χ0n) is 14.7. The van der Waals surface area contributed by atoms with Gasteiger partial charge >= 0.3 is 5.97 Å². The van der Waals surface area contributed by atoms with Crippen molar-refractivity contribution in [1.82, 2.24) is 15.2 Å². The summed E-state index contributed by atoms with van der Waals surface area (Å²) in [5.41, 5.74) is 7.41. The average molecular weight is 384 g/mol. The van der Waals surface area contributed by atoms with E-state index in [-0.39, 0.29) is 23.5 Å². The van der Waals surface area contributed by atoms with Gasteiger partial charge in [0.05, 0.1) is 12.0 Å².